The second-order valence-electron chi connectivity index (χ2n) is 6.42. The van der Waals surface area contributed by atoms with Crippen molar-refractivity contribution < 1.29 is 36.7 Å². The van der Waals surface area contributed by atoms with Crippen LogP contribution >= 0.6 is 0 Å². The average molecular weight is 416 g/mol. The number of ether oxygens (including phenoxy) is 1. The molecule has 0 saturated carbocycles. The Balaban J connectivity index is 2.31. The van der Waals surface area contributed by atoms with Gasteiger partial charge in [0.1, 0.15) is 17.7 Å². The maximum atomic E-state index is 14.1. The summed E-state index contributed by atoms with van der Waals surface area (Å²) in [6, 6.07) is 1.81. The number of cyclic esters (lactones) is 1. The van der Waals surface area contributed by atoms with Crippen LogP contribution in [0.5, 0.6) is 0 Å². The van der Waals surface area contributed by atoms with E-state index in [-0.39, 0.29) is 12.2 Å². The molecule has 11 heteroatoms. The van der Waals surface area contributed by atoms with Gasteiger partial charge in [0.15, 0.2) is 14.6 Å². The van der Waals surface area contributed by atoms with Gasteiger partial charge < -0.3 is 4.74 Å². The summed E-state index contributed by atoms with van der Waals surface area (Å²) in [4.78, 5) is 24.9. The van der Waals surface area contributed by atoms with E-state index in [2.05, 4.69) is 11.8 Å². The van der Waals surface area contributed by atoms with Crippen molar-refractivity contribution in [1.82, 2.24) is 5.48 Å². The Hall–Kier alpha value is -2.71. The monoisotopic (exact) mass is 416 g/mol. The summed E-state index contributed by atoms with van der Waals surface area (Å²) in [5.41, 5.74) is 0.702. The summed E-state index contributed by atoms with van der Waals surface area (Å²) in [6.45, 7) is 2.23. The molecule has 1 aliphatic rings. The molecule has 0 bridgehead atoms. The molecule has 0 aliphatic carbocycles. The van der Waals surface area contributed by atoms with Gasteiger partial charge in [-0.15, -0.1) is 5.92 Å². The Kier molecular flexibility index (Phi) is 5.96. The lowest BCUT2D eigenvalue weighted by atomic mass is 10.0. The lowest BCUT2D eigenvalue weighted by Crippen LogP contribution is -2.51. The number of benzene rings is 1. The van der Waals surface area contributed by atoms with Crippen LogP contribution < -0.4 is 10.4 Å². The molecule has 28 heavy (non-hydrogen) atoms. The number of carbonyl (C=O) groups is 2. The first-order valence-electron chi connectivity index (χ1n) is 7.98. The first-order valence-corrected chi connectivity index (χ1v) is 9.87. The van der Waals surface area contributed by atoms with Gasteiger partial charge in [0, 0.05) is 12.7 Å². The van der Waals surface area contributed by atoms with Crippen LogP contribution in [0.25, 0.3) is 0 Å². The molecule has 0 aromatic heterocycles. The second-order valence-corrected chi connectivity index (χ2v) is 8.87. The van der Waals surface area contributed by atoms with E-state index in [1.165, 1.54) is 12.4 Å². The zero-order chi connectivity index (χ0) is 21.3. The maximum Gasteiger partial charge on any atom is 0.414 e. The molecular formula is C17H18F2N2O6S. The molecular weight excluding hydrogens is 398 g/mol. The lowest BCUT2D eigenvalue weighted by Gasteiger charge is -2.26. The van der Waals surface area contributed by atoms with Crippen LogP contribution in [0.1, 0.15) is 25.8 Å². The van der Waals surface area contributed by atoms with Gasteiger partial charge in [0.05, 0.1) is 17.8 Å². The van der Waals surface area contributed by atoms with Crippen molar-refractivity contribution in [2.45, 2.75) is 31.1 Å². The van der Waals surface area contributed by atoms with Crippen LogP contribution in [-0.4, -0.2) is 49.3 Å². The summed E-state index contributed by atoms with van der Waals surface area (Å²) >= 11 is 0. The number of hydrogen-bond acceptors (Lipinski definition) is 6. The normalized spacial score (nSPS) is 18.7. The molecule has 0 spiro atoms. The van der Waals surface area contributed by atoms with E-state index in [0.717, 1.165) is 30.2 Å². The molecule has 1 heterocycles. The van der Waals surface area contributed by atoms with Gasteiger partial charge in [0.25, 0.3) is 5.91 Å². The molecule has 1 aromatic rings. The molecule has 1 aromatic carbocycles. The van der Waals surface area contributed by atoms with Crippen LogP contribution in [0, 0.1) is 23.5 Å². The highest BCUT2D eigenvalue weighted by molar-refractivity contribution is 7.92. The van der Waals surface area contributed by atoms with Gasteiger partial charge >= 0.3 is 6.09 Å². The molecule has 1 saturated heterocycles. The summed E-state index contributed by atoms with van der Waals surface area (Å²) in [5.74, 6) is 1.52. The predicted molar refractivity (Wildman–Crippen MR) is 94.3 cm³/mol. The fraction of sp³-hybridized carbons (Fsp3) is 0.412. The molecule has 2 rings (SSSR count). The van der Waals surface area contributed by atoms with Crippen molar-refractivity contribution in [2.24, 2.45) is 0 Å². The second kappa shape index (κ2) is 7.73. The highest BCUT2D eigenvalue weighted by Crippen LogP contribution is 2.31. The number of carbonyl (C=O) groups excluding carboxylic acids is 2. The molecule has 1 fully saturated rings. The summed E-state index contributed by atoms with van der Waals surface area (Å²) in [6.07, 6.45) is -1.70. The van der Waals surface area contributed by atoms with E-state index in [9.17, 15) is 26.8 Å². The average Bonchev–Trinajstić information content (AvgIpc) is 2.96. The maximum absolute atomic E-state index is 14.1. The number of sulfone groups is 1. The molecule has 2 unspecified atom stereocenters. The van der Waals surface area contributed by atoms with Crippen molar-refractivity contribution in [1.29, 1.82) is 0 Å². The molecule has 1 aliphatic heterocycles. The molecule has 2 amide bonds. The Morgan fingerprint density at radius 3 is 2.46 bits per heavy atom. The van der Waals surface area contributed by atoms with E-state index >= 15 is 0 Å². The Morgan fingerprint density at radius 1 is 1.43 bits per heavy atom. The number of rotatable bonds is 5. The largest absolute Gasteiger partial charge is 0.444 e. The molecule has 152 valence electrons. The minimum absolute atomic E-state index is 0.142. The van der Waals surface area contributed by atoms with Gasteiger partial charge in [-0.1, -0.05) is 5.92 Å². The fourth-order valence-electron chi connectivity index (χ4n) is 2.76. The van der Waals surface area contributed by atoms with Gasteiger partial charge in [-0.2, -0.15) is 0 Å². The third-order valence-electron chi connectivity index (χ3n) is 4.48. The van der Waals surface area contributed by atoms with Gasteiger partial charge in [-0.05, 0) is 26.0 Å². The number of halogens is 2. The Bertz CT molecular complexity index is 962. The third kappa shape index (κ3) is 3.93. The lowest BCUT2D eigenvalue weighted by molar-refractivity contribution is -0.132. The fourth-order valence-corrected chi connectivity index (χ4v) is 3.63. The van der Waals surface area contributed by atoms with E-state index in [4.69, 9.17) is 9.94 Å². The summed E-state index contributed by atoms with van der Waals surface area (Å²) in [7, 11) is -4.01. The van der Waals surface area contributed by atoms with Crippen LogP contribution in [0.3, 0.4) is 0 Å². The zero-order valence-corrected chi connectivity index (χ0v) is 16.1. The number of amides is 2. The number of anilines is 1. The van der Waals surface area contributed by atoms with Gasteiger partial charge in [-0.3, -0.25) is 14.9 Å². The van der Waals surface area contributed by atoms with E-state index in [0.29, 0.717) is 0 Å². The number of hydroxylamine groups is 1. The first kappa shape index (κ1) is 21.6. The van der Waals surface area contributed by atoms with Gasteiger partial charge in [0.2, 0.25) is 0 Å². The van der Waals surface area contributed by atoms with Crippen molar-refractivity contribution in [3.8, 4) is 11.8 Å². The van der Waals surface area contributed by atoms with Crippen LogP contribution in [-0.2, 0) is 19.4 Å². The van der Waals surface area contributed by atoms with Crippen molar-refractivity contribution in [2.75, 3.05) is 17.7 Å². The SMILES string of the molecule is CC#Cc1c(F)cc(N2CC(CC(C)(C(=O)NO)S(C)(=O)=O)OC2=O)cc1F. The molecule has 0 radical (unpaired) electrons. The summed E-state index contributed by atoms with van der Waals surface area (Å²) in [5, 5.41) is 8.84. The Morgan fingerprint density at radius 2 is 2.00 bits per heavy atom. The van der Waals surface area contributed by atoms with Crippen molar-refractivity contribution in [3.05, 3.63) is 29.3 Å². The highest BCUT2D eigenvalue weighted by Gasteiger charge is 2.48. The third-order valence-corrected chi connectivity index (χ3v) is 6.47. The smallest absolute Gasteiger partial charge is 0.414 e. The van der Waals surface area contributed by atoms with Gasteiger partial charge in [-0.25, -0.2) is 27.5 Å². The van der Waals surface area contributed by atoms with Crippen molar-refractivity contribution in [3.63, 3.8) is 0 Å². The standard InChI is InChI=1S/C17H18F2N2O6S/c1-4-5-12-13(18)6-10(7-14(12)19)21-9-11(27-16(21)23)8-17(2,15(22)20-24)28(3,25)26/h6-7,11,24H,8-9H2,1-3H3,(H,20,22). The number of nitrogens with one attached hydrogen (secondary N) is 1. The van der Waals surface area contributed by atoms with Crippen molar-refractivity contribution >= 4 is 27.5 Å². The molecule has 8 nitrogen and oxygen atoms in total. The van der Waals surface area contributed by atoms with Crippen LogP contribution in [0.4, 0.5) is 19.3 Å². The van der Waals surface area contributed by atoms with Crippen LogP contribution in [0.2, 0.25) is 0 Å². The molecule has 2 atom stereocenters. The number of nitrogens with zero attached hydrogens (tertiary/aromatic N) is 1. The zero-order valence-electron chi connectivity index (χ0n) is 15.2. The molecule has 2 N–H and O–H groups in total. The Labute approximate surface area is 160 Å². The summed E-state index contributed by atoms with van der Waals surface area (Å²) < 4.78 is 55.2. The van der Waals surface area contributed by atoms with E-state index in [1.54, 1.807) is 0 Å². The minimum Gasteiger partial charge on any atom is -0.444 e. The quantitative estimate of drug-likeness (QED) is 0.426. The van der Waals surface area contributed by atoms with E-state index < -0.39 is 56.3 Å². The van der Waals surface area contributed by atoms with Crippen LogP contribution in [0.15, 0.2) is 12.1 Å². The predicted octanol–water partition coefficient (Wildman–Crippen LogP) is 1.36. The number of hydrogen-bond donors (Lipinski definition) is 2. The first-order chi connectivity index (χ1) is 12.9. The minimum atomic E-state index is -4.01. The highest BCUT2D eigenvalue weighted by atomic mass is 32.2. The van der Waals surface area contributed by atoms with E-state index in [1.807, 2.05) is 0 Å². The topological polar surface area (TPSA) is 113 Å².